The summed E-state index contributed by atoms with van der Waals surface area (Å²) in [6.07, 6.45) is 3.33. The molecule has 0 atom stereocenters. The third kappa shape index (κ3) is 5.02. The third-order valence-corrected chi connectivity index (χ3v) is 6.33. The van der Waals surface area contributed by atoms with E-state index in [0.29, 0.717) is 35.7 Å². The number of fused-ring (bicyclic) bond motifs is 1. The summed E-state index contributed by atoms with van der Waals surface area (Å²) in [6, 6.07) is 20.4. The molecular weight excluding hydrogens is 498 g/mol. The van der Waals surface area contributed by atoms with Gasteiger partial charge in [0.1, 0.15) is 11.3 Å². The molecule has 9 nitrogen and oxygen atoms in total. The predicted molar refractivity (Wildman–Crippen MR) is 145 cm³/mol. The van der Waals surface area contributed by atoms with Gasteiger partial charge < -0.3 is 14.0 Å². The van der Waals surface area contributed by atoms with Crippen molar-refractivity contribution in [3.05, 3.63) is 101 Å². The number of aromatic nitrogens is 1. The Bertz CT molecular complexity index is 1630. The van der Waals surface area contributed by atoms with E-state index in [9.17, 15) is 19.2 Å². The maximum absolute atomic E-state index is 13.4. The summed E-state index contributed by atoms with van der Waals surface area (Å²) in [5.74, 6) is -1.32. The monoisotopic (exact) mass is 523 g/mol. The Labute approximate surface area is 224 Å². The lowest BCUT2D eigenvalue weighted by atomic mass is 10.1. The van der Waals surface area contributed by atoms with Crippen LogP contribution in [0.4, 0.5) is 10.5 Å². The Morgan fingerprint density at radius 2 is 1.74 bits per heavy atom. The molecule has 0 saturated carbocycles. The molecule has 1 aliphatic heterocycles. The molecule has 1 aliphatic rings. The molecular formula is C30H25N3O6. The topological polar surface area (TPSA) is 107 Å². The van der Waals surface area contributed by atoms with E-state index >= 15 is 0 Å². The number of methoxy groups -OCH3 is 1. The summed E-state index contributed by atoms with van der Waals surface area (Å²) in [4.78, 5) is 51.7. The first-order valence-corrected chi connectivity index (χ1v) is 12.3. The lowest BCUT2D eigenvalue weighted by Gasteiger charge is -2.26. The lowest BCUT2D eigenvalue weighted by molar-refractivity contribution is -0.122. The normalized spacial score (nSPS) is 14.6. The first kappa shape index (κ1) is 25.5. The van der Waals surface area contributed by atoms with Crippen molar-refractivity contribution in [1.82, 2.24) is 9.88 Å². The van der Waals surface area contributed by atoms with Gasteiger partial charge in [0.05, 0.1) is 25.0 Å². The van der Waals surface area contributed by atoms with E-state index in [1.54, 1.807) is 42.5 Å². The van der Waals surface area contributed by atoms with E-state index in [-0.39, 0.29) is 5.57 Å². The number of rotatable bonds is 7. The molecule has 0 spiro atoms. The number of urea groups is 1. The number of imide groups is 2. The molecule has 1 fully saturated rings. The van der Waals surface area contributed by atoms with E-state index < -0.39 is 23.8 Å². The van der Waals surface area contributed by atoms with Crippen LogP contribution in [0.25, 0.3) is 17.0 Å². The van der Waals surface area contributed by atoms with Gasteiger partial charge in [0.15, 0.2) is 0 Å². The van der Waals surface area contributed by atoms with Crippen LogP contribution in [0, 0.1) is 0 Å². The quantitative estimate of drug-likeness (QED) is 0.217. The van der Waals surface area contributed by atoms with E-state index in [1.165, 1.54) is 13.2 Å². The zero-order valence-corrected chi connectivity index (χ0v) is 21.3. The van der Waals surface area contributed by atoms with Gasteiger partial charge in [0.25, 0.3) is 11.8 Å². The van der Waals surface area contributed by atoms with Crippen LogP contribution in [0.3, 0.4) is 0 Å². The first-order valence-electron chi connectivity index (χ1n) is 12.3. The third-order valence-electron chi connectivity index (χ3n) is 6.33. The average Bonchev–Trinajstić information content (AvgIpc) is 3.28. The summed E-state index contributed by atoms with van der Waals surface area (Å²) >= 11 is 0. The second-order valence-corrected chi connectivity index (χ2v) is 8.81. The van der Waals surface area contributed by atoms with Gasteiger partial charge in [-0.05, 0) is 61.0 Å². The Balaban J connectivity index is 1.51. The standard InChI is InChI=1S/C30H25N3O6/c1-3-39-23-13-11-22(12-14-23)33-28(35)25(27(34)31-30(33)37)16-21-18-32(26-10-5-4-9-24(21)26)17-19-7-6-8-20(15-19)29(36)38-2/h4-16,18H,3,17H2,1-2H3,(H,31,34,37)/b25-16+. The molecule has 0 radical (unpaired) electrons. The highest BCUT2D eigenvalue weighted by molar-refractivity contribution is 6.39. The summed E-state index contributed by atoms with van der Waals surface area (Å²) in [7, 11) is 1.33. The first-order chi connectivity index (χ1) is 18.9. The minimum absolute atomic E-state index is 0.168. The number of carbonyl (C=O) groups is 4. The molecule has 4 amide bonds. The van der Waals surface area contributed by atoms with Crippen LogP contribution in [0.15, 0.2) is 84.6 Å². The number of barbiturate groups is 1. The molecule has 9 heteroatoms. The highest BCUT2D eigenvalue weighted by Crippen LogP contribution is 2.28. The average molecular weight is 524 g/mol. The SMILES string of the molecule is CCOc1ccc(N2C(=O)NC(=O)/C(=C\c3cn(Cc4cccc(C(=O)OC)c4)c4ccccc34)C2=O)cc1. The molecule has 1 aromatic heterocycles. The smallest absolute Gasteiger partial charge is 0.337 e. The number of hydrogen-bond donors (Lipinski definition) is 1. The zero-order chi connectivity index (χ0) is 27.5. The molecule has 3 aromatic carbocycles. The number of esters is 1. The number of nitrogens with one attached hydrogen (secondary N) is 1. The van der Waals surface area contributed by atoms with Gasteiger partial charge in [-0.1, -0.05) is 30.3 Å². The van der Waals surface area contributed by atoms with Crippen molar-refractivity contribution in [2.24, 2.45) is 0 Å². The van der Waals surface area contributed by atoms with E-state index in [2.05, 4.69) is 5.32 Å². The van der Waals surface area contributed by atoms with Crippen LogP contribution in [0.2, 0.25) is 0 Å². The Morgan fingerprint density at radius 1 is 0.974 bits per heavy atom. The van der Waals surface area contributed by atoms with Crippen LogP contribution in [-0.4, -0.2) is 42.1 Å². The van der Waals surface area contributed by atoms with Gasteiger partial charge in [0.2, 0.25) is 0 Å². The summed E-state index contributed by atoms with van der Waals surface area (Å²) in [5, 5.41) is 3.08. The van der Waals surface area contributed by atoms with Crippen molar-refractivity contribution in [2.45, 2.75) is 13.5 Å². The van der Waals surface area contributed by atoms with Gasteiger partial charge >= 0.3 is 12.0 Å². The summed E-state index contributed by atoms with van der Waals surface area (Å²) in [5.41, 5.74) is 2.96. The van der Waals surface area contributed by atoms with Gasteiger partial charge in [-0.2, -0.15) is 0 Å². The van der Waals surface area contributed by atoms with Gasteiger partial charge in [-0.15, -0.1) is 0 Å². The van der Waals surface area contributed by atoms with E-state index in [1.807, 2.05) is 48.0 Å². The number of carbonyl (C=O) groups excluding carboxylic acids is 4. The van der Waals surface area contributed by atoms with Crippen LogP contribution in [0.1, 0.15) is 28.4 Å². The maximum Gasteiger partial charge on any atom is 0.337 e. The number of anilines is 1. The van der Waals surface area contributed by atoms with Crippen molar-refractivity contribution in [2.75, 3.05) is 18.6 Å². The fourth-order valence-electron chi connectivity index (χ4n) is 4.54. The molecule has 0 unspecified atom stereocenters. The van der Waals surface area contributed by atoms with E-state index in [4.69, 9.17) is 9.47 Å². The number of amides is 4. The highest BCUT2D eigenvalue weighted by atomic mass is 16.5. The van der Waals surface area contributed by atoms with Crippen molar-refractivity contribution in [1.29, 1.82) is 0 Å². The fraction of sp³-hybridized carbons (Fsp3) is 0.133. The fourth-order valence-corrected chi connectivity index (χ4v) is 4.54. The summed E-state index contributed by atoms with van der Waals surface area (Å²) in [6.45, 7) is 2.77. The zero-order valence-electron chi connectivity index (χ0n) is 21.3. The molecule has 5 rings (SSSR count). The maximum atomic E-state index is 13.4. The van der Waals surface area contributed by atoms with Crippen LogP contribution < -0.4 is 15.0 Å². The van der Waals surface area contributed by atoms with Crippen LogP contribution >= 0.6 is 0 Å². The second-order valence-electron chi connectivity index (χ2n) is 8.81. The number of nitrogens with zero attached hydrogens (tertiary/aromatic N) is 2. The van der Waals surface area contributed by atoms with Gasteiger partial charge in [-0.3, -0.25) is 14.9 Å². The van der Waals surface area contributed by atoms with Crippen LogP contribution in [-0.2, 0) is 20.9 Å². The highest BCUT2D eigenvalue weighted by Gasteiger charge is 2.37. The molecule has 1 N–H and O–H groups in total. The Hall–Kier alpha value is -5.18. The second kappa shape index (κ2) is 10.7. The van der Waals surface area contributed by atoms with Crippen molar-refractivity contribution in [3.63, 3.8) is 0 Å². The van der Waals surface area contributed by atoms with Crippen LogP contribution in [0.5, 0.6) is 5.75 Å². The van der Waals surface area contributed by atoms with Crippen molar-refractivity contribution >= 4 is 46.5 Å². The minimum atomic E-state index is -0.820. The number of benzene rings is 3. The minimum Gasteiger partial charge on any atom is -0.494 e. The predicted octanol–water partition coefficient (Wildman–Crippen LogP) is 4.54. The van der Waals surface area contributed by atoms with Crippen molar-refractivity contribution < 1.29 is 28.7 Å². The Morgan fingerprint density at radius 3 is 2.49 bits per heavy atom. The molecule has 2 heterocycles. The number of ether oxygens (including phenoxy) is 2. The number of para-hydroxylation sites is 1. The molecule has 39 heavy (non-hydrogen) atoms. The lowest BCUT2D eigenvalue weighted by Crippen LogP contribution is -2.54. The largest absolute Gasteiger partial charge is 0.494 e. The number of hydrogen-bond acceptors (Lipinski definition) is 6. The molecule has 0 bridgehead atoms. The van der Waals surface area contributed by atoms with Gasteiger partial charge in [-0.25, -0.2) is 14.5 Å². The van der Waals surface area contributed by atoms with Gasteiger partial charge in [0, 0.05) is 29.2 Å². The van der Waals surface area contributed by atoms with Crippen molar-refractivity contribution in [3.8, 4) is 5.75 Å². The molecule has 0 aliphatic carbocycles. The van der Waals surface area contributed by atoms with E-state index in [0.717, 1.165) is 21.4 Å². The molecule has 1 saturated heterocycles. The molecule has 4 aromatic rings. The Kier molecular flexibility index (Phi) is 6.96. The molecule has 196 valence electrons. The summed E-state index contributed by atoms with van der Waals surface area (Å²) < 4.78 is 12.2.